The second kappa shape index (κ2) is 14.3. The molecule has 10 heteroatoms. The van der Waals surface area contributed by atoms with Crippen LogP contribution in [0.25, 0.3) is 11.0 Å². The summed E-state index contributed by atoms with van der Waals surface area (Å²) in [5.41, 5.74) is 9.40. The van der Waals surface area contributed by atoms with E-state index in [2.05, 4.69) is 46.0 Å². The van der Waals surface area contributed by atoms with Crippen LogP contribution in [0.3, 0.4) is 0 Å². The summed E-state index contributed by atoms with van der Waals surface area (Å²) >= 11 is 6.53. The van der Waals surface area contributed by atoms with Gasteiger partial charge in [-0.3, -0.25) is 4.98 Å². The number of aryl methyl sites for hydroxylation is 1. The van der Waals surface area contributed by atoms with E-state index in [0.717, 1.165) is 60.1 Å². The third kappa shape index (κ3) is 7.60. The number of hydrogen-bond acceptors (Lipinski definition) is 8. The number of methoxy groups -OCH3 is 1. The van der Waals surface area contributed by atoms with Gasteiger partial charge in [-0.1, -0.05) is 50.1 Å². The molecule has 0 aliphatic heterocycles. The molecule has 3 heterocycles. The van der Waals surface area contributed by atoms with E-state index in [1.54, 1.807) is 13.3 Å². The Morgan fingerprint density at radius 2 is 2.05 bits per heavy atom. The number of hydrogen-bond donors (Lipinski definition) is 2. The number of nitrogens with zero attached hydrogens (tertiary/aromatic N) is 4. The Kier molecular flexibility index (Phi) is 10.8. The van der Waals surface area contributed by atoms with Gasteiger partial charge in [-0.25, -0.2) is 4.98 Å². The van der Waals surface area contributed by atoms with Gasteiger partial charge in [-0.2, -0.15) is 4.98 Å². The molecule has 9 nitrogen and oxygen atoms in total. The number of nitrogens with two attached hydrogens (primary N) is 1. The molecule has 0 saturated heterocycles. The molecule has 0 aromatic carbocycles. The summed E-state index contributed by atoms with van der Waals surface area (Å²) in [7, 11) is 1.66. The average Bonchev–Trinajstić information content (AvgIpc) is 3.59. The molecule has 226 valence electrons. The highest BCUT2D eigenvalue weighted by Gasteiger charge is 2.32. The van der Waals surface area contributed by atoms with Crippen LogP contribution in [0.4, 0.5) is 5.95 Å². The smallest absolute Gasteiger partial charge is 0.223 e. The number of halogens is 1. The van der Waals surface area contributed by atoms with Crippen molar-refractivity contribution in [1.82, 2.24) is 24.8 Å². The van der Waals surface area contributed by atoms with E-state index in [9.17, 15) is 4.79 Å². The maximum absolute atomic E-state index is 12.2. The number of aldehydes is 1. The van der Waals surface area contributed by atoms with Gasteiger partial charge in [0.05, 0.1) is 48.5 Å². The van der Waals surface area contributed by atoms with Crippen LogP contribution in [0.5, 0.6) is 5.75 Å². The van der Waals surface area contributed by atoms with Crippen molar-refractivity contribution >= 4 is 34.9 Å². The van der Waals surface area contributed by atoms with Gasteiger partial charge >= 0.3 is 0 Å². The van der Waals surface area contributed by atoms with Gasteiger partial charge < -0.3 is 29.9 Å². The van der Waals surface area contributed by atoms with Gasteiger partial charge in [0.2, 0.25) is 5.95 Å². The molecule has 1 unspecified atom stereocenters. The summed E-state index contributed by atoms with van der Waals surface area (Å²) < 4.78 is 13.7. The van der Waals surface area contributed by atoms with Crippen LogP contribution >= 0.6 is 11.6 Å². The van der Waals surface area contributed by atoms with Crippen LogP contribution < -0.4 is 15.8 Å². The molecule has 1 atom stereocenters. The third-order valence-electron chi connectivity index (χ3n) is 7.81. The fraction of sp³-hybridized carbons (Fsp3) is 0.562. The molecule has 0 spiro atoms. The molecule has 0 bridgehead atoms. The first-order chi connectivity index (χ1) is 20.2. The van der Waals surface area contributed by atoms with E-state index in [1.807, 2.05) is 24.6 Å². The summed E-state index contributed by atoms with van der Waals surface area (Å²) in [5, 5.41) is 4.42. The highest BCUT2D eigenvalue weighted by molar-refractivity contribution is 6.34. The number of ether oxygens (including phenoxy) is 2. The Morgan fingerprint density at radius 3 is 2.74 bits per heavy atom. The number of pyridine rings is 1. The lowest BCUT2D eigenvalue weighted by molar-refractivity contribution is -0.118. The van der Waals surface area contributed by atoms with Crippen LogP contribution in [0.2, 0.25) is 5.15 Å². The first-order valence-electron chi connectivity index (χ1n) is 14.8. The summed E-state index contributed by atoms with van der Waals surface area (Å²) in [6, 6.07) is 0. The monoisotopic (exact) mass is 594 g/mol. The zero-order valence-electron chi connectivity index (χ0n) is 25.4. The van der Waals surface area contributed by atoms with Crippen LogP contribution in [0.15, 0.2) is 12.4 Å². The minimum absolute atomic E-state index is 0.0978. The van der Waals surface area contributed by atoms with E-state index < -0.39 is 5.54 Å². The summed E-state index contributed by atoms with van der Waals surface area (Å²) in [4.78, 5) is 25.5. The van der Waals surface area contributed by atoms with E-state index in [-0.39, 0.29) is 17.2 Å². The standard InChI is InChI=1S/C32H43ClN6O3/c1-21(2)15-32(19-40,20-42-25-12-8-9-13-25)36-14-10-6-7-11-24-17-39(30-27(24)29(33)37-31(34)38-30)18-26-23(4)28(41-5)22(3)16-35-26/h16-17,19,21,25,36H,6,8-10,12-15,18,20H2,1-5H3,(H2,34,37,38). The zero-order chi connectivity index (χ0) is 30.3. The van der Waals surface area contributed by atoms with Crippen molar-refractivity contribution in [1.29, 1.82) is 0 Å². The molecule has 3 aromatic heterocycles. The second-order valence-electron chi connectivity index (χ2n) is 11.7. The van der Waals surface area contributed by atoms with Crippen LogP contribution in [0, 0.1) is 31.6 Å². The van der Waals surface area contributed by atoms with E-state index in [1.165, 1.54) is 12.8 Å². The van der Waals surface area contributed by atoms with E-state index >= 15 is 0 Å². The lowest BCUT2D eigenvalue weighted by Gasteiger charge is -2.32. The maximum atomic E-state index is 12.2. The van der Waals surface area contributed by atoms with Gasteiger partial charge in [0, 0.05) is 29.9 Å². The minimum Gasteiger partial charge on any atom is -0.496 e. The molecule has 0 amide bonds. The van der Waals surface area contributed by atoms with Crippen LogP contribution in [-0.2, 0) is 16.1 Å². The molecular weight excluding hydrogens is 552 g/mol. The minimum atomic E-state index is -0.673. The largest absolute Gasteiger partial charge is 0.496 e. The number of fused-ring (bicyclic) bond motifs is 1. The molecule has 1 aliphatic carbocycles. The van der Waals surface area contributed by atoms with Crippen molar-refractivity contribution in [3.63, 3.8) is 0 Å². The number of nitrogen functional groups attached to an aromatic ring is 1. The van der Waals surface area contributed by atoms with E-state index in [0.29, 0.717) is 43.1 Å². The Morgan fingerprint density at radius 1 is 1.29 bits per heavy atom. The predicted molar refractivity (Wildman–Crippen MR) is 167 cm³/mol. The highest BCUT2D eigenvalue weighted by atomic mass is 35.5. The molecule has 3 aromatic rings. The van der Waals surface area contributed by atoms with Gasteiger partial charge in [0.25, 0.3) is 0 Å². The summed E-state index contributed by atoms with van der Waals surface area (Å²) in [6.45, 7) is 9.75. The van der Waals surface area contributed by atoms with Gasteiger partial charge in [0.15, 0.2) is 0 Å². The Hall–Kier alpha value is -3.19. The Balaban J connectivity index is 1.46. The average molecular weight is 595 g/mol. The number of unbranched alkanes of at least 4 members (excludes halogenated alkanes) is 1. The zero-order valence-corrected chi connectivity index (χ0v) is 26.2. The number of carbonyl (C=O) groups is 1. The van der Waals surface area contributed by atoms with Crippen molar-refractivity contribution in [2.75, 3.05) is 26.0 Å². The molecule has 3 N–H and O–H groups in total. The SMILES string of the molecule is COc1c(C)cnc(Cn2cc(C#CCCCNC(C=O)(COC3CCCC3)CC(C)C)c3c(Cl)nc(N)nc32)c1C. The van der Waals surface area contributed by atoms with Gasteiger partial charge in [-0.15, -0.1) is 0 Å². The van der Waals surface area contributed by atoms with Crippen molar-refractivity contribution in [2.24, 2.45) is 5.92 Å². The van der Waals surface area contributed by atoms with Gasteiger partial charge in [0.1, 0.15) is 22.8 Å². The number of carbonyl (C=O) groups excluding carboxylic acids is 1. The Labute approximate surface area is 253 Å². The maximum Gasteiger partial charge on any atom is 0.223 e. The quantitative estimate of drug-likeness (QED) is 0.117. The number of aromatic nitrogens is 4. The van der Waals surface area contributed by atoms with Gasteiger partial charge in [-0.05, 0) is 52.0 Å². The predicted octanol–water partition coefficient (Wildman–Crippen LogP) is 5.40. The Bertz CT molecular complexity index is 1450. The van der Waals surface area contributed by atoms with Crippen molar-refractivity contribution in [3.8, 4) is 17.6 Å². The highest BCUT2D eigenvalue weighted by Crippen LogP contribution is 2.29. The molecule has 1 aliphatic rings. The van der Waals surface area contributed by atoms with Crippen molar-refractivity contribution in [2.45, 2.75) is 90.8 Å². The number of rotatable bonds is 13. The normalized spacial score (nSPS) is 15.1. The lowest BCUT2D eigenvalue weighted by Crippen LogP contribution is -2.52. The fourth-order valence-electron chi connectivity index (χ4n) is 5.79. The molecule has 42 heavy (non-hydrogen) atoms. The molecule has 1 saturated carbocycles. The first kappa shape index (κ1) is 31.7. The first-order valence-corrected chi connectivity index (χ1v) is 15.2. The summed E-state index contributed by atoms with van der Waals surface area (Å²) in [6.07, 6.45) is 11.8. The van der Waals surface area contributed by atoms with Crippen molar-refractivity contribution in [3.05, 3.63) is 39.9 Å². The molecule has 1 fully saturated rings. The summed E-state index contributed by atoms with van der Waals surface area (Å²) in [5.74, 6) is 7.81. The van der Waals surface area contributed by atoms with Crippen LogP contribution in [-0.4, -0.2) is 57.7 Å². The molecule has 0 radical (unpaired) electrons. The molecular formula is C32H43ClN6O3. The topological polar surface area (TPSA) is 117 Å². The molecule has 4 rings (SSSR count). The van der Waals surface area contributed by atoms with Crippen LogP contribution in [0.1, 0.15) is 81.2 Å². The number of anilines is 1. The third-order valence-corrected chi connectivity index (χ3v) is 8.09. The van der Waals surface area contributed by atoms with Crippen molar-refractivity contribution < 1.29 is 14.3 Å². The second-order valence-corrected chi connectivity index (χ2v) is 12.1. The van der Waals surface area contributed by atoms with E-state index in [4.69, 9.17) is 26.8 Å². The lowest BCUT2D eigenvalue weighted by atomic mass is 9.90. The number of nitrogens with one attached hydrogen (secondary N) is 1. The fourth-order valence-corrected chi connectivity index (χ4v) is 6.07.